The monoisotopic (exact) mass is 360 g/mol. The Balaban J connectivity index is 1.71. The SMILES string of the molecule is O=C(Nc1ccc(Nc2ccc(F)c(F)c2F)cc1)c1cccc(F)c1. The second-order valence-electron chi connectivity index (χ2n) is 5.39. The number of benzene rings is 3. The lowest BCUT2D eigenvalue weighted by molar-refractivity contribution is 0.102. The van der Waals surface area contributed by atoms with Crippen molar-refractivity contribution in [1.82, 2.24) is 0 Å². The predicted molar refractivity (Wildman–Crippen MR) is 90.4 cm³/mol. The molecule has 0 aliphatic carbocycles. The first kappa shape index (κ1) is 17.5. The Morgan fingerprint density at radius 2 is 1.46 bits per heavy atom. The number of carbonyl (C=O) groups excluding carboxylic acids is 1. The van der Waals surface area contributed by atoms with Crippen LogP contribution in [-0.2, 0) is 0 Å². The zero-order chi connectivity index (χ0) is 18.7. The van der Waals surface area contributed by atoms with Crippen molar-refractivity contribution in [3.05, 3.63) is 89.5 Å². The fourth-order valence-corrected chi connectivity index (χ4v) is 2.25. The van der Waals surface area contributed by atoms with Crippen molar-refractivity contribution < 1.29 is 22.4 Å². The van der Waals surface area contributed by atoms with Crippen molar-refractivity contribution in [3.63, 3.8) is 0 Å². The average Bonchev–Trinajstić information content (AvgIpc) is 2.64. The van der Waals surface area contributed by atoms with E-state index in [1.54, 1.807) is 0 Å². The number of carbonyl (C=O) groups is 1. The molecule has 0 spiro atoms. The zero-order valence-corrected chi connectivity index (χ0v) is 13.2. The second-order valence-corrected chi connectivity index (χ2v) is 5.39. The van der Waals surface area contributed by atoms with Crippen molar-refractivity contribution in [3.8, 4) is 0 Å². The van der Waals surface area contributed by atoms with Gasteiger partial charge in [0.25, 0.3) is 5.91 Å². The van der Waals surface area contributed by atoms with Gasteiger partial charge in [0.1, 0.15) is 5.82 Å². The summed E-state index contributed by atoms with van der Waals surface area (Å²) in [5.74, 6) is -5.17. The van der Waals surface area contributed by atoms with Gasteiger partial charge in [-0.2, -0.15) is 0 Å². The first-order valence-electron chi connectivity index (χ1n) is 7.51. The largest absolute Gasteiger partial charge is 0.353 e. The molecule has 2 N–H and O–H groups in total. The summed E-state index contributed by atoms with van der Waals surface area (Å²) in [6, 6.07) is 13.2. The highest BCUT2D eigenvalue weighted by Gasteiger charge is 2.13. The maximum atomic E-state index is 13.7. The molecule has 3 aromatic carbocycles. The van der Waals surface area contributed by atoms with Gasteiger partial charge >= 0.3 is 0 Å². The molecule has 0 heterocycles. The molecule has 3 aromatic rings. The number of halogens is 4. The van der Waals surface area contributed by atoms with Gasteiger partial charge in [-0.3, -0.25) is 4.79 Å². The molecule has 0 aliphatic heterocycles. The Kier molecular flexibility index (Phi) is 4.88. The first-order chi connectivity index (χ1) is 12.4. The molecule has 0 saturated heterocycles. The third-order valence-corrected chi connectivity index (χ3v) is 3.54. The fraction of sp³-hybridized carbons (Fsp3) is 0. The minimum Gasteiger partial charge on any atom is -0.353 e. The summed E-state index contributed by atoms with van der Waals surface area (Å²) in [4.78, 5) is 12.0. The van der Waals surface area contributed by atoms with E-state index in [0.717, 1.165) is 18.2 Å². The highest BCUT2D eigenvalue weighted by Crippen LogP contribution is 2.24. The lowest BCUT2D eigenvalue weighted by atomic mass is 10.2. The lowest BCUT2D eigenvalue weighted by Crippen LogP contribution is -2.11. The summed E-state index contributed by atoms with van der Waals surface area (Å²) in [6.45, 7) is 0. The molecule has 0 atom stereocenters. The molecule has 3 rings (SSSR count). The highest BCUT2D eigenvalue weighted by atomic mass is 19.2. The highest BCUT2D eigenvalue weighted by molar-refractivity contribution is 6.04. The quantitative estimate of drug-likeness (QED) is 0.494. The number of hydrogen-bond acceptors (Lipinski definition) is 2. The summed E-state index contributed by atoms with van der Waals surface area (Å²) in [6.07, 6.45) is 0. The van der Waals surface area contributed by atoms with Gasteiger partial charge in [0.2, 0.25) is 0 Å². The second kappa shape index (κ2) is 7.26. The lowest BCUT2D eigenvalue weighted by Gasteiger charge is -2.10. The Labute approximate surface area is 146 Å². The molecule has 0 radical (unpaired) electrons. The first-order valence-corrected chi connectivity index (χ1v) is 7.51. The Hall–Kier alpha value is -3.35. The minimum absolute atomic E-state index is 0.163. The van der Waals surface area contributed by atoms with Crippen LogP contribution in [0.4, 0.5) is 34.6 Å². The van der Waals surface area contributed by atoms with E-state index in [0.29, 0.717) is 11.4 Å². The van der Waals surface area contributed by atoms with Crippen molar-refractivity contribution >= 4 is 23.0 Å². The van der Waals surface area contributed by atoms with Crippen LogP contribution in [0.2, 0.25) is 0 Å². The van der Waals surface area contributed by atoms with Crippen LogP contribution < -0.4 is 10.6 Å². The van der Waals surface area contributed by atoms with Crippen LogP contribution in [0.3, 0.4) is 0 Å². The third-order valence-electron chi connectivity index (χ3n) is 3.54. The summed E-state index contributed by atoms with van der Waals surface area (Å²) in [7, 11) is 0. The van der Waals surface area contributed by atoms with Gasteiger partial charge in [-0.05, 0) is 54.6 Å². The van der Waals surface area contributed by atoms with Crippen molar-refractivity contribution in [2.75, 3.05) is 10.6 Å². The molecule has 7 heteroatoms. The van der Waals surface area contributed by atoms with E-state index in [1.807, 2.05) is 0 Å². The molecule has 0 aliphatic rings. The maximum Gasteiger partial charge on any atom is 0.255 e. The van der Waals surface area contributed by atoms with E-state index in [1.165, 1.54) is 42.5 Å². The number of anilines is 3. The standard InChI is InChI=1S/C19H12F4N2O/c20-12-3-1-2-11(10-12)19(26)25-14-6-4-13(5-7-14)24-16-9-8-15(21)17(22)18(16)23/h1-10,24H,(H,25,26). The number of rotatable bonds is 4. The average molecular weight is 360 g/mol. The predicted octanol–water partition coefficient (Wildman–Crippen LogP) is 5.24. The third kappa shape index (κ3) is 3.83. The van der Waals surface area contributed by atoms with Gasteiger partial charge < -0.3 is 10.6 Å². The van der Waals surface area contributed by atoms with Crippen LogP contribution >= 0.6 is 0 Å². The molecule has 0 saturated carbocycles. The summed E-state index contributed by atoms with van der Waals surface area (Å²) < 4.78 is 53.0. The molecule has 0 bridgehead atoms. The summed E-state index contributed by atoms with van der Waals surface area (Å²) >= 11 is 0. The molecule has 3 nitrogen and oxygen atoms in total. The van der Waals surface area contributed by atoms with Gasteiger partial charge in [-0.25, -0.2) is 17.6 Å². The van der Waals surface area contributed by atoms with Crippen LogP contribution in [0, 0.1) is 23.3 Å². The minimum atomic E-state index is -1.56. The topological polar surface area (TPSA) is 41.1 Å². The smallest absolute Gasteiger partial charge is 0.255 e. The van der Waals surface area contributed by atoms with Crippen molar-refractivity contribution in [2.24, 2.45) is 0 Å². The van der Waals surface area contributed by atoms with E-state index in [4.69, 9.17) is 0 Å². The molecule has 132 valence electrons. The normalized spacial score (nSPS) is 10.5. The molecule has 0 unspecified atom stereocenters. The van der Waals surface area contributed by atoms with Gasteiger partial charge in [0.05, 0.1) is 5.69 Å². The summed E-state index contributed by atoms with van der Waals surface area (Å²) in [5.41, 5.74) is 0.769. The Morgan fingerprint density at radius 3 is 2.15 bits per heavy atom. The van der Waals surface area contributed by atoms with E-state index < -0.39 is 29.2 Å². The fourth-order valence-electron chi connectivity index (χ4n) is 2.25. The Morgan fingerprint density at radius 1 is 0.769 bits per heavy atom. The molecule has 0 aromatic heterocycles. The number of hydrogen-bond donors (Lipinski definition) is 2. The Bertz CT molecular complexity index is 958. The van der Waals surface area contributed by atoms with Gasteiger partial charge in [-0.1, -0.05) is 6.07 Å². The van der Waals surface area contributed by atoms with E-state index in [9.17, 15) is 22.4 Å². The van der Waals surface area contributed by atoms with Crippen LogP contribution in [0.5, 0.6) is 0 Å². The van der Waals surface area contributed by atoms with E-state index >= 15 is 0 Å². The van der Waals surface area contributed by atoms with Crippen LogP contribution in [0.1, 0.15) is 10.4 Å². The maximum absolute atomic E-state index is 13.7. The van der Waals surface area contributed by atoms with Crippen LogP contribution in [-0.4, -0.2) is 5.91 Å². The van der Waals surface area contributed by atoms with Gasteiger partial charge in [-0.15, -0.1) is 0 Å². The van der Waals surface area contributed by atoms with Gasteiger partial charge in [0.15, 0.2) is 17.5 Å². The van der Waals surface area contributed by atoms with E-state index in [-0.39, 0.29) is 11.3 Å². The molecule has 1 amide bonds. The van der Waals surface area contributed by atoms with Crippen molar-refractivity contribution in [1.29, 1.82) is 0 Å². The molecule has 26 heavy (non-hydrogen) atoms. The van der Waals surface area contributed by atoms with Gasteiger partial charge in [0, 0.05) is 16.9 Å². The van der Waals surface area contributed by atoms with Crippen LogP contribution in [0.15, 0.2) is 60.7 Å². The molecule has 0 fully saturated rings. The molecular weight excluding hydrogens is 348 g/mol. The van der Waals surface area contributed by atoms with Crippen LogP contribution in [0.25, 0.3) is 0 Å². The van der Waals surface area contributed by atoms with E-state index in [2.05, 4.69) is 10.6 Å². The number of nitrogens with one attached hydrogen (secondary N) is 2. The summed E-state index contributed by atoms with van der Waals surface area (Å²) in [5, 5.41) is 5.20. The van der Waals surface area contributed by atoms with Crippen molar-refractivity contribution in [2.45, 2.75) is 0 Å². The number of amides is 1. The molecular formula is C19H12F4N2O. The zero-order valence-electron chi connectivity index (χ0n) is 13.2.